The quantitative estimate of drug-likeness (QED) is 0.182. The molecular formula is C45H27N3S2. The molecular weight excluding hydrogens is 647 g/mol. The van der Waals surface area contributed by atoms with Crippen LogP contribution in [0.3, 0.4) is 0 Å². The molecule has 3 aromatic heterocycles. The third-order valence-corrected chi connectivity index (χ3v) is 11.7. The average Bonchev–Trinajstić information content (AvgIpc) is 3.77. The number of hydrogen-bond acceptors (Lipinski definition) is 5. The van der Waals surface area contributed by atoms with Crippen molar-refractivity contribution in [3.8, 4) is 56.4 Å². The molecule has 3 heterocycles. The molecule has 0 spiro atoms. The van der Waals surface area contributed by atoms with Crippen molar-refractivity contribution in [2.75, 3.05) is 0 Å². The molecule has 10 rings (SSSR count). The van der Waals surface area contributed by atoms with Crippen LogP contribution in [0, 0.1) is 0 Å². The van der Waals surface area contributed by atoms with Crippen LogP contribution in [-0.4, -0.2) is 15.0 Å². The van der Waals surface area contributed by atoms with Gasteiger partial charge in [0, 0.05) is 68.2 Å². The standard InChI is InChI=1S/C45H27N3S2/c1-3-14-28(15-4-1)43-46-44(29-16-5-2-6-17-29)48-45(47-43)36-24-11-20-31(32-21-13-27-39-41(32)34-19-8-10-26-38(34)49-39)40(36)35-23-12-22-33-30-18-7-9-25-37(30)50-42(33)35/h1-27H. The molecule has 0 aliphatic heterocycles. The zero-order valence-corrected chi connectivity index (χ0v) is 28.4. The SMILES string of the molecule is c1ccc(-c2nc(-c3ccccc3)nc(-c3cccc(-c4cccc5sc6ccccc6c45)c3-c3cccc4c3sc3ccccc34)n2)cc1. The number of benzene rings is 7. The summed E-state index contributed by atoms with van der Waals surface area (Å²) in [5.74, 6) is 1.95. The molecule has 0 N–H and O–H groups in total. The van der Waals surface area contributed by atoms with Gasteiger partial charge in [-0.25, -0.2) is 15.0 Å². The fourth-order valence-corrected chi connectivity index (χ4v) is 9.48. The fourth-order valence-electron chi connectivity index (χ4n) is 7.13. The van der Waals surface area contributed by atoms with E-state index >= 15 is 0 Å². The van der Waals surface area contributed by atoms with Crippen molar-refractivity contribution in [1.29, 1.82) is 0 Å². The Morgan fingerprint density at radius 3 is 1.56 bits per heavy atom. The molecule has 0 aliphatic rings. The first-order valence-corrected chi connectivity index (χ1v) is 18.2. The summed E-state index contributed by atoms with van der Waals surface area (Å²) in [5, 5.41) is 5.09. The van der Waals surface area contributed by atoms with Gasteiger partial charge in [0.25, 0.3) is 0 Å². The van der Waals surface area contributed by atoms with Crippen molar-refractivity contribution < 1.29 is 0 Å². The van der Waals surface area contributed by atoms with Gasteiger partial charge in [0.1, 0.15) is 0 Å². The summed E-state index contributed by atoms with van der Waals surface area (Å²) in [7, 11) is 0. The Morgan fingerprint density at radius 2 is 0.820 bits per heavy atom. The normalized spacial score (nSPS) is 11.6. The zero-order chi connectivity index (χ0) is 33.0. The van der Waals surface area contributed by atoms with E-state index in [2.05, 4.69) is 127 Å². The number of rotatable bonds is 5. The first-order valence-electron chi connectivity index (χ1n) is 16.6. The zero-order valence-electron chi connectivity index (χ0n) is 26.7. The van der Waals surface area contributed by atoms with Crippen LogP contribution in [0.1, 0.15) is 0 Å². The highest BCUT2D eigenvalue weighted by Crippen LogP contribution is 2.49. The van der Waals surface area contributed by atoms with Gasteiger partial charge in [-0.1, -0.05) is 146 Å². The van der Waals surface area contributed by atoms with E-state index in [1.807, 2.05) is 59.1 Å². The molecule has 0 radical (unpaired) electrons. The largest absolute Gasteiger partial charge is 0.208 e. The molecule has 0 bridgehead atoms. The first kappa shape index (κ1) is 29.0. The van der Waals surface area contributed by atoms with Gasteiger partial charge >= 0.3 is 0 Å². The van der Waals surface area contributed by atoms with Gasteiger partial charge in [0.2, 0.25) is 0 Å². The van der Waals surface area contributed by atoms with Crippen LogP contribution in [0.4, 0.5) is 0 Å². The second-order valence-corrected chi connectivity index (χ2v) is 14.5. The Balaban J connectivity index is 1.33. The Labute approximate surface area is 296 Å². The van der Waals surface area contributed by atoms with E-state index in [9.17, 15) is 0 Å². The highest BCUT2D eigenvalue weighted by atomic mass is 32.1. The molecule has 3 nitrogen and oxygen atoms in total. The van der Waals surface area contributed by atoms with E-state index in [4.69, 9.17) is 15.0 Å². The second-order valence-electron chi connectivity index (χ2n) is 12.3. The monoisotopic (exact) mass is 673 g/mol. The Kier molecular flexibility index (Phi) is 6.86. The summed E-state index contributed by atoms with van der Waals surface area (Å²) >= 11 is 3.69. The summed E-state index contributed by atoms with van der Waals surface area (Å²) in [6, 6.07) is 57.8. The van der Waals surface area contributed by atoms with Crippen molar-refractivity contribution in [1.82, 2.24) is 15.0 Å². The smallest absolute Gasteiger partial charge is 0.164 e. The summed E-state index contributed by atoms with van der Waals surface area (Å²) in [4.78, 5) is 15.5. The van der Waals surface area contributed by atoms with Crippen LogP contribution >= 0.6 is 22.7 Å². The van der Waals surface area contributed by atoms with E-state index in [1.165, 1.54) is 51.5 Å². The second kappa shape index (κ2) is 11.8. The lowest BCUT2D eigenvalue weighted by molar-refractivity contribution is 1.07. The third-order valence-electron chi connectivity index (χ3n) is 9.37. The molecule has 0 saturated heterocycles. The highest BCUT2D eigenvalue weighted by Gasteiger charge is 2.23. The van der Waals surface area contributed by atoms with E-state index in [0.717, 1.165) is 27.8 Å². The van der Waals surface area contributed by atoms with Gasteiger partial charge in [-0.3, -0.25) is 0 Å². The van der Waals surface area contributed by atoms with Crippen molar-refractivity contribution in [3.05, 3.63) is 164 Å². The lowest BCUT2D eigenvalue weighted by Gasteiger charge is -2.18. The van der Waals surface area contributed by atoms with Crippen LogP contribution in [0.2, 0.25) is 0 Å². The van der Waals surface area contributed by atoms with E-state index in [-0.39, 0.29) is 0 Å². The van der Waals surface area contributed by atoms with Gasteiger partial charge in [0.05, 0.1) is 0 Å². The molecule has 234 valence electrons. The van der Waals surface area contributed by atoms with Crippen molar-refractivity contribution in [2.24, 2.45) is 0 Å². The summed E-state index contributed by atoms with van der Waals surface area (Å²) in [6.45, 7) is 0. The fraction of sp³-hybridized carbons (Fsp3) is 0. The molecule has 0 atom stereocenters. The number of nitrogens with zero attached hydrogens (tertiary/aromatic N) is 3. The maximum Gasteiger partial charge on any atom is 0.164 e. The van der Waals surface area contributed by atoms with Crippen LogP contribution in [0.15, 0.2) is 164 Å². The van der Waals surface area contributed by atoms with Crippen LogP contribution in [0.25, 0.3) is 96.8 Å². The maximum atomic E-state index is 5.23. The minimum Gasteiger partial charge on any atom is -0.208 e. The van der Waals surface area contributed by atoms with Gasteiger partial charge in [-0.2, -0.15) is 0 Å². The molecule has 0 unspecified atom stereocenters. The van der Waals surface area contributed by atoms with Gasteiger partial charge in [-0.05, 0) is 29.3 Å². The van der Waals surface area contributed by atoms with Crippen LogP contribution in [0.5, 0.6) is 0 Å². The van der Waals surface area contributed by atoms with E-state index in [1.54, 1.807) is 0 Å². The number of thiophene rings is 2. The first-order chi connectivity index (χ1) is 24.8. The third kappa shape index (κ3) is 4.74. The Bertz CT molecular complexity index is 2810. The molecule has 0 saturated carbocycles. The molecule has 0 amide bonds. The number of aromatic nitrogens is 3. The van der Waals surface area contributed by atoms with Crippen molar-refractivity contribution >= 4 is 63.0 Å². The van der Waals surface area contributed by atoms with E-state index in [0.29, 0.717) is 17.5 Å². The topological polar surface area (TPSA) is 38.7 Å². The number of hydrogen-bond donors (Lipinski definition) is 0. The van der Waals surface area contributed by atoms with Crippen LogP contribution in [-0.2, 0) is 0 Å². The predicted octanol–water partition coefficient (Wildman–Crippen LogP) is 12.9. The lowest BCUT2D eigenvalue weighted by Crippen LogP contribution is -2.01. The molecule has 0 aliphatic carbocycles. The predicted molar refractivity (Wildman–Crippen MR) is 213 cm³/mol. The van der Waals surface area contributed by atoms with Gasteiger partial charge < -0.3 is 0 Å². The average molecular weight is 674 g/mol. The highest BCUT2D eigenvalue weighted by molar-refractivity contribution is 7.26. The van der Waals surface area contributed by atoms with Gasteiger partial charge in [0.15, 0.2) is 17.5 Å². The van der Waals surface area contributed by atoms with Crippen LogP contribution < -0.4 is 0 Å². The van der Waals surface area contributed by atoms with Crippen molar-refractivity contribution in [3.63, 3.8) is 0 Å². The molecule has 5 heteroatoms. The molecule has 0 fully saturated rings. The van der Waals surface area contributed by atoms with E-state index < -0.39 is 0 Å². The molecule has 50 heavy (non-hydrogen) atoms. The molecule has 10 aromatic rings. The summed E-state index contributed by atoms with van der Waals surface area (Å²) in [6.07, 6.45) is 0. The summed E-state index contributed by atoms with van der Waals surface area (Å²) in [5.41, 5.74) is 7.53. The minimum absolute atomic E-state index is 0.648. The summed E-state index contributed by atoms with van der Waals surface area (Å²) < 4.78 is 5.10. The van der Waals surface area contributed by atoms with Crippen molar-refractivity contribution in [2.45, 2.75) is 0 Å². The lowest BCUT2D eigenvalue weighted by atomic mass is 9.88. The Hall–Kier alpha value is -6.01. The Morgan fingerprint density at radius 1 is 0.320 bits per heavy atom. The molecule has 7 aromatic carbocycles. The number of fused-ring (bicyclic) bond motifs is 6. The minimum atomic E-state index is 0.648. The maximum absolute atomic E-state index is 5.23. The van der Waals surface area contributed by atoms with Gasteiger partial charge in [-0.15, -0.1) is 22.7 Å².